The summed E-state index contributed by atoms with van der Waals surface area (Å²) in [5.41, 5.74) is -1.10. The molecule has 0 aliphatic heterocycles. The second-order valence-electron chi connectivity index (χ2n) is 9.81. The standard InChI is InChI=1S/C27H32Cl2F3N3O4S/c1-3-23(26(37)33-20-10-5-4-6-11-20)34(16-18-9-7-8-12-21(18)28)25(36)17-35(40(2,38)39)24-15-19(27(30,31)32)13-14-22(24)29/h7-9,12-15,20,23H,3-6,10-11,16-17H2,1-2H3,(H,33,37). The Bertz CT molecular complexity index is 1320. The van der Waals surface area contributed by atoms with E-state index in [1.165, 1.54) is 4.90 Å². The van der Waals surface area contributed by atoms with Crippen LogP contribution in [0.3, 0.4) is 0 Å². The maximum absolute atomic E-state index is 13.8. The zero-order valence-corrected chi connectivity index (χ0v) is 24.5. The maximum Gasteiger partial charge on any atom is 0.416 e. The maximum atomic E-state index is 13.8. The molecule has 13 heteroatoms. The third-order valence-electron chi connectivity index (χ3n) is 6.86. The van der Waals surface area contributed by atoms with E-state index in [4.69, 9.17) is 23.2 Å². The summed E-state index contributed by atoms with van der Waals surface area (Å²) in [7, 11) is -4.28. The molecule has 0 heterocycles. The van der Waals surface area contributed by atoms with E-state index < -0.39 is 51.9 Å². The highest BCUT2D eigenvalue weighted by molar-refractivity contribution is 7.92. The fourth-order valence-corrected chi connectivity index (χ4v) is 6.07. The summed E-state index contributed by atoms with van der Waals surface area (Å²) in [4.78, 5) is 28.4. The predicted octanol–water partition coefficient (Wildman–Crippen LogP) is 6.03. The van der Waals surface area contributed by atoms with Gasteiger partial charge in [0.05, 0.1) is 22.5 Å². The Hall–Kier alpha value is -2.50. The lowest BCUT2D eigenvalue weighted by Gasteiger charge is -2.34. The number of benzene rings is 2. The van der Waals surface area contributed by atoms with Gasteiger partial charge in [-0.3, -0.25) is 13.9 Å². The van der Waals surface area contributed by atoms with Crippen molar-refractivity contribution in [2.75, 3.05) is 17.1 Å². The molecule has 1 aliphatic carbocycles. The van der Waals surface area contributed by atoms with Crippen LogP contribution in [0.25, 0.3) is 0 Å². The van der Waals surface area contributed by atoms with Gasteiger partial charge in [0.15, 0.2) is 0 Å². The Morgan fingerprint density at radius 2 is 1.70 bits per heavy atom. The van der Waals surface area contributed by atoms with Gasteiger partial charge in [-0.1, -0.05) is 67.6 Å². The lowest BCUT2D eigenvalue weighted by atomic mass is 9.95. The molecule has 1 unspecified atom stereocenters. The van der Waals surface area contributed by atoms with Crippen LogP contribution in [-0.4, -0.2) is 50.0 Å². The van der Waals surface area contributed by atoms with E-state index in [2.05, 4.69) is 5.32 Å². The second kappa shape index (κ2) is 13.4. The minimum atomic E-state index is -4.77. The molecule has 2 aromatic carbocycles. The summed E-state index contributed by atoms with van der Waals surface area (Å²) in [6.45, 7) is 0.719. The Labute approximate surface area is 242 Å². The number of nitrogens with one attached hydrogen (secondary N) is 1. The zero-order valence-electron chi connectivity index (χ0n) is 22.2. The van der Waals surface area contributed by atoms with Crippen LogP contribution in [0.5, 0.6) is 0 Å². The summed E-state index contributed by atoms with van der Waals surface area (Å²) in [5, 5.41) is 3.06. The Morgan fingerprint density at radius 3 is 2.27 bits per heavy atom. The molecule has 7 nitrogen and oxygen atoms in total. The molecule has 1 saturated carbocycles. The lowest BCUT2D eigenvalue weighted by Crippen LogP contribution is -2.54. The minimum Gasteiger partial charge on any atom is -0.352 e. The fourth-order valence-electron chi connectivity index (χ4n) is 4.75. The quantitative estimate of drug-likeness (QED) is 0.351. The lowest BCUT2D eigenvalue weighted by molar-refractivity contribution is -0.140. The van der Waals surface area contributed by atoms with Gasteiger partial charge in [0, 0.05) is 17.6 Å². The summed E-state index contributed by atoms with van der Waals surface area (Å²) >= 11 is 12.5. The Balaban J connectivity index is 2.00. The van der Waals surface area contributed by atoms with Gasteiger partial charge in [-0.05, 0) is 49.1 Å². The molecule has 1 N–H and O–H groups in total. The van der Waals surface area contributed by atoms with Crippen LogP contribution in [0.1, 0.15) is 56.6 Å². The number of carbonyl (C=O) groups excluding carboxylic acids is 2. The van der Waals surface area contributed by atoms with Crippen molar-refractivity contribution in [2.45, 2.75) is 70.3 Å². The molecule has 1 atom stereocenters. The van der Waals surface area contributed by atoms with E-state index >= 15 is 0 Å². The molecule has 40 heavy (non-hydrogen) atoms. The van der Waals surface area contributed by atoms with Crippen LogP contribution >= 0.6 is 23.2 Å². The molecule has 0 saturated heterocycles. The topological polar surface area (TPSA) is 86.8 Å². The summed E-state index contributed by atoms with van der Waals surface area (Å²) in [5.74, 6) is -1.19. The molecule has 1 fully saturated rings. The molecule has 0 radical (unpaired) electrons. The first-order valence-electron chi connectivity index (χ1n) is 12.9. The molecule has 2 amide bonds. The van der Waals surface area contributed by atoms with Gasteiger partial charge >= 0.3 is 6.18 Å². The Morgan fingerprint density at radius 1 is 1.05 bits per heavy atom. The first kappa shape index (κ1) is 32.0. The summed E-state index contributed by atoms with van der Waals surface area (Å²) in [6.07, 6.45) is 0.872. The van der Waals surface area contributed by atoms with E-state index in [0.29, 0.717) is 21.0 Å². The normalized spacial score (nSPS) is 15.4. The highest BCUT2D eigenvalue weighted by Crippen LogP contribution is 2.36. The number of sulfonamides is 1. The molecular weight excluding hydrogens is 590 g/mol. The number of nitrogens with zero attached hydrogens (tertiary/aromatic N) is 2. The number of amides is 2. The van der Waals surface area contributed by atoms with Gasteiger partial charge in [-0.2, -0.15) is 13.2 Å². The molecule has 3 rings (SSSR count). The van der Waals surface area contributed by atoms with Gasteiger partial charge < -0.3 is 10.2 Å². The highest BCUT2D eigenvalue weighted by atomic mass is 35.5. The molecule has 0 aromatic heterocycles. The SMILES string of the molecule is CCC(C(=O)NC1CCCCC1)N(Cc1ccccc1Cl)C(=O)CN(c1cc(C(F)(F)F)ccc1Cl)S(C)(=O)=O. The van der Waals surface area contributed by atoms with Crippen LogP contribution in [0, 0.1) is 0 Å². The number of anilines is 1. The molecular formula is C27H32Cl2F3N3O4S. The fraction of sp³-hybridized carbons (Fsp3) is 0.481. The number of halogens is 5. The number of hydrogen-bond donors (Lipinski definition) is 1. The number of hydrogen-bond acceptors (Lipinski definition) is 4. The number of alkyl halides is 3. The molecule has 2 aromatic rings. The zero-order chi connectivity index (χ0) is 29.7. The van der Waals surface area contributed by atoms with Crippen molar-refractivity contribution < 1.29 is 31.2 Å². The molecule has 0 bridgehead atoms. The van der Waals surface area contributed by atoms with E-state index in [1.807, 2.05) is 0 Å². The van der Waals surface area contributed by atoms with E-state index in [9.17, 15) is 31.2 Å². The van der Waals surface area contributed by atoms with Crippen molar-refractivity contribution in [1.82, 2.24) is 10.2 Å². The third kappa shape index (κ3) is 8.27. The van der Waals surface area contributed by atoms with Crippen molar-refractivity contribution >= 4 is 50.7 Å². The van der Waals surface area contributed by atoms with E-state index in [-0.39, 0.29) is 24.0 Å². The Kier molecular flexibility index (Phi) is 10.8. The largest absolute Gasteiger partial charge is 0.416 e. The van der Waals surface area contributed by atoms with Crippen LogP contribution in [-0.2, 0) is 32.3 Å². The van der Waals surface area contributed by atoms with Gasteiger partial charge in [0.25, 0.3) is 0 Å². The van der Waals surface area contributed by atoms with Crippen molar-refractivity contribution in [3.05, 3.63) is 63.6 Å². The van der Waals surface area contributed by atoms with Gasteiger partial charge in [-0.25, -0.2) is 8.42 Å². The van der Waals surface area contributed by atoms with E-state index in [1.54, 1.807) is 31.2 Å². The van der Waals surface area contributed by atoms with Crippen molar-refractivity contribution in [2.24, 2.45) is 0 Å². The van der Waals surface area contributed by atoms with Crippen LogP contribution in [0.15, 0.2) is 42.5 Å². The first-order chi connectivity index (χ1) is 18.7. The van der Waals surface area contributed by atoms with Crippen LogP contribution in [0.2, 0.25) is 10.0 Å². The molecule has 1 aliphatic rings. The number of carbonyl (C=O) groups is 2. The number of rotatable bonds is 10. The summed E-state index contributed by atoms with van der Waals surface area (Å²) < 4.78 is 66.3. The second-order valence-corrected chi connectivity index (χ2v) is 12.5. The summed E-state index contributed by atoms with van der Waals surface area (Å²) in [6, 6.07) is 7.91. The van der Waals surface area contributed by atoms with Crippen molar-refractivity contribution in [3.63, 3.8) is 0 Å². The van der Waals surface area contributed by atoms with Gasteiger partial charge in [0.1, 0.15) is 12.6 Å². The van der Waals surface area contributed by atoms with Crippen LogP contribution < -0.4 is 9.62 Å². The monoisotopic (exact) mass is 621 g/mol. The average molecular weight is 623 g/mol. The first-order valence-corrected chi connectivity index (χ1v) is 15.5. The molecule has 220 valence electrons. The minimum absolute atomic E-state index is 0.0380. The average Bonchev–Trinajstić information content (AvgIpc) is 2.88. The van der Waals surface area contributed by atoms with Crippen molar-refractivity contribution in [3.8, 4) is 0 Å². The van der Waals surface area contributed by atoms with Crippen molar-refractivity contribution in [1.29, 1.82) is 0 Å². The van der Waals surface area contributed by atoms with Gasteiger partial charge in [0.2, 0.25) is 21.8 Å². The van der Waals surface area contributed by atoms with Gasteiger partial charge in [-0.15, -0.1) is 0 Å². The highest BCUT2D eigenvalue weighted by Gasteiger charge is 2.36. The predicted molar refractivity (Wildman–Crippen MR) is 150 cm³/mol. The van der Waals surface area contributed by atoms with Crippen LogP contribution in [0.4, 0.5) is 18.9 Å². The third-order valence-corrected chi connectivity index (χ3v) is 8.67. The smallest absolute Gasteiger partial charge is 0.352 e. The molecule has 0 spiro atoms. The van der Waals surface area contributed by atoms with E-state index in [0.717, 1.165) is 50.5 Å².